The normalized spacial score (nSPS) is 13.2. The van der Waals surface area contributed by atoms with Crippen LogP contribution in [0.4, 0.5) is 0 Å². The van der Waals surface area contributed by atoms with E-state index in [1.165, 1.54) is 0 Å². The summed E-state index contributed by atoms with van der Waals surface area (Å²) in [6.07, 6.45) is -1.35. The Labute approximate surface area is 246 Å². The first-order valence-electron chi connectivity index (χ1n) is 12.6. The van der Waals surface area contributed by atoms with Crippen molar-refractivity contribution >= 4 is 47.9 Å². The van der Waals surface area contributed by atoms with Crippen LogP contribution in [-0.2, 0) is 30.4 Å². The Morgan fingerprint density at radius 2 is 1.39 bits per heavy atom. The number of rotatable bonds is 17. The number of hydrogen-bond donors (Lipinski definition) is 8. The summed E-state index contributed by atoms with van der Waals surface area (Å²) in [5.41, 5.74) is 21.8. The second kappa shape index (κ2) is 20.0. The van der Waals surface area contributed by atoms with Gasteiger partial charge >= 0.3 is 0 Å². The van der Waals surface area contributed by atoms with E-state index in [2.05, 4.69) is 20.9 Å². The summed E-state index contributed by atoms with van der Waals surface area (Å²) < 4.78 is 0. The van der Waals surface area contributed by atoms with Gasteiger partial charge in [0.2, 0.25) is 29.5 Å². The lowest BCUT2D eigenvalue weighted by Gasteiger charge is -2.26. The molecule has 0 saturated carbocycles. The number of aliphatic imine (C=N–C) groups is 1. The Kier molecular flexibility index (Phi) is 19.2. The molecule has 14 nitrogen and oxygen atoms in total. The van der Waals surface area contributed by atoms with Gasteiger partial charge in [0.05, 0.1) is 6.42 Å². The van der Waals surface area contributed by atoms with Gasteiger partial charge in [0.25, 0.3) is 0 Å². The van der Waals surface area contributed by atoms with Crippen molar-refractivity contribution < 1.29 is 29.1 Å². The number of nitrogens with zero attached hydrogens (tertiary/aromatic N) is 1. The highest BCUT2D eigenvalue weighted by atomic mass is 35.5. The third kappa shape index (κ3) is 16.1. The molecule has 2 unspecified atom stereocenters. The highest BCUT2D eigenvalue weighted by Gasteiger charge is 2.31. The molecule has 1 rings (SSSR count). The van der Waals surface area contributed by atoms with Crippen LogP contribution in [0.1, 0.15) is 52.5 Å². The number of halogens is 1. The van der Waals surface area contributed by atoms with Crippen LogP contribution >= 0.6 is 12.4 Å². The van der Waals surface area contributed by atoms with Gasteiger partial charge in [0.15, 0.2) is 5.96 Å². The van der Waals surface area contributed by atoms with Crippen molar-refractivity contribution in [3.8, 4) is 0 Å². The summed E-state index contributed by atoms with van der Waals surface area (Å²) in [7, 11) is 0. The van der Waals surface area contributed by atoms with Crippen LogP contribution in [0.5, 0.6) is 0 Å². The predicted octanol–water partition coefficient (Wildman–Crippen LogP) is -1.44. The summed E-state index contributed by atoms with van der Waals surface area (Å²) in [6.45, 7) is 3.83. The van der Waals surface area contributed by atoms with Crippen molar-refractivity contribution in [1.29, 1.82) is 0 Å². The molecule has 1 aromatic rings. The molecule has 0 saturated heterocycles. The number of aliphatic hydroxyl groups excluding tert-OH is 1. The molecule has 0 spiro atoms. The number of benzene rings is 1. The van der Waals surface area contributed by atoms with Gasteiger partial charge in [0, 0.05) is 13.0 Å². The van der Waals surface area contributed by atoms with E-state index in [9.17, 15) is 29.1 Å². The monoisotopic (exact) mass is 600 g/mol. The third-order valence-electron chi connectivity index (χ3n) is 5.56. The first-order valence-corrected chi connectivity index (χ1v) is 12.6. The first-order chi connectivity index (χ1) is 18.3. The Hall–Kier alpha value is -3.91. The van der Waals surface area contributed by atoms with Crippen LogP contribution in [0.3, 0.4) is 0 Å². The van der Waals surface area contributed by atoms with Crippen molar-refractivity contribution in [3.63, 3.8) is 0 Å². The van der Waals surface area contributed by atoms with Gasteiger partial charge in [-0.25, -0.2) is 0 Å². The van der Waals surface area contributed by atoms with E-state index in [4.69, 9.17) is 22.9 Å². The molecule has 0 bridgehead atoms. The van der Waals surface area contributed by atoms with Gasteiger partial charge in [-0.2, -0.15) is 0 Å². The number of aliphatic hydroxyl groups is 1. The first kappa shape index (κ1) is 39.2. The standard InChI is InChI=1S/C25H40N8O6.CH4.ClH/c1-14(2)11-18(33-24(39)19(34)12-15-7-4-3-5-8-15)23(38)31-16(9-6-10-30-25(28)29)22(37)32-17(21(27)36)13-20(26)35;;/h3-5,7-8,14,16-19,34H,6,9-13H2,1-2H3,(H2,26,35)(H2,27,36)(H,31,38)(H,32,37)(H,33,39)(H4,28,29,30);1H4;1H/t16-,17?,18?,19-;;/m0../s1. The molecule has 0 aliphatic carbocycles. The largest absolute Gasteiger partial charge is 0.383 e. The van der Waals surface area contributed by atoms with E-state index in [1.807, 2.05) is 19.9 Å². The van der Waals surface area contributed by atoms with Gasteiger partial charge in [-0.3, -0.25) is 29.0 Å². The summed E-state index contributed by atoms with van der Waals surface area (Å²) in [4.78, 5) is 65.7. The lowest BCUT2D eigenvalue weighted by atomic mass is 10.0. The minimum Gasteiger partial charge on any atom is -0.383 e. The molecule has 0 heterocycles. The molecule has 0 aliphatic rings. The Bertz CT molecular complexity index is 1020. The molecule has 0 fully saturated rings. The highest BCUT2D eigenvalue weighted by molar-refractivity contribution is 5.95. The summed E-state index contributed by atoms with van der Waals surface area (Å²) in [6, 6.07) is 5.24. The van der Waals surface area contributed by atoms with E-state index in [0.717, 1.165) is 5.56 Å². The SMILES string of the molecule is C.CC(C)CC(NC(=O)[C@@H](O)Cc1ccccc1)C(=O)N[C@@H](CCCN=C(N)N)C(=O)NC(CC(N)=O)C(N)=O.Cl. The Balaban J connectivity index is 0. The average molecular weight is 601 g/mol. The van der Waals surface area contributed by atoms with Crippen LogP contribution in [0.15, 0.2) is 35.3 Å². The zero-order valence-electron chi connectivity index (χ0n) is 22.7. The maximum atomic E-state index is 13.2. The third-order valence-corrected chi connectivity index (χ3v) is 5.56. The van der Waals surface area contributed by atoms with Crippen LogP contribution in [0, 0.1) is 5.92 Å². The topological polar surface area (TPSA) is 258 Å². The molecule has 12 N–H and O–H groups in total. The van der Waals surface area contributed by atoms with E-state index < -0.39 is 60.2 Å². The van der Waals surface area contributed by atoms with Crippen molar-refractivity contribution in [3.05, 3.63) is 35.9 Å². The van der Waals surface area contributed by atoms with Gasteiger partial charge in [0.1, 0.15) is 24.2 Å². The van der Waals surface area contributed by atoms with Gasteiger partial charge in [-0.15, -0.1) is 12.4 Å². The second-order valence-corrected chi connectivity index (χ2v) is 9.54. The number of carbonyl (C=O) groups is 5. The second-order valence-electron chi connectivity index (χ2n) is 9.54. The molecule has 232 valence electrons. The number of guanidine groups is 1. The predicted molar refractivity (Wildman–Crippen MR) is 158 cm³/mol. The number of nitrogens with one attached hydrogen (secondary N) is 3. The Morgan fingerprint density at radius 3 is 1.90 bits per heavy atom. The number of amides is 5. The van der Waals surface area contributed by atoms with Gasteiger partial charge in [-0.1, -0.05) is 51.6 Å². The molecule has 15 heteroatoms. The van der Waals surface area contributed by atoms with Crippen LogP contribution in [0.2, 0.25) is 0 Å². The number of nitrogens with two attached hydrogens (primary N) is 4. The van der Waals surface area contributed by atoms with E-state index in [0.29, 0.717) is 0 Å². The molecule has 0 aromatic heterocycles. The van der Waals surface area contributed by atoms with E-state index in [1.54, 1.807) is 24.3 Å². The fraction of sp³-hybridized carbons (Fsp3) is 0.538. The maximum Gasteiger partial charge on any atom is 0.249 e. The van der Waals surface area contributed by atoms with Gasteiger partial charge < -0.3 is 44.0 Å². The summed E-state index contributed by atoms with van der Waals surface area (Å²) >= 11 is 0. The molecular formula is C26H45ClN8O6. The molecule has 0 aliphatic heterocycles. The molecule has 4 atom stereocenters. The fourth-order valence-electron chi connectivity index (χ4n) is 3.64. The van der Waals surface area contributed by atoms with E-state index >= 15 is 0 Å². The molecule has 0 radical (unpaired) electrons. The van der Waals surface area contributed by atoms with Crippen molar-refractivity contribution in [2.24, 2.45) is 33.8 Å². The van der Waals surface area contributed by atoms with E-state index in [-0.39, 0.29) is 63.9 Å². The van der Waals surface area contributed by atoms with Crippen LogP contribution in [0.25, 0.3) is 0 Å². The summed E-state index contributed by atoms with van der Waals surface area (Å²) in [5.74, 6) is -4.25. The Morgan fingerprint density at radius 1 is 0.854 bits per heavy atom. The van der Waals surface area contributed by atoms with Crippen LogP contribution in [-0.4, -0.2) is 71.4 Å². The molecule has 1 aromatic carbocycles. The zero-order valence-corrected chi connectivity index (χ0v) is 23.5. The number of primary amides is 2. The highest BCUT2D eigenvalue weighted by Crippen LogP contribution is 2.09. The minimum atomic E-state index is -1.40. The van der Waals surface area contributed by atoms with Gasteiger partial charge in [-0.05, 0) is 30.7 Å². The minimum absolute atomic E-state index is 0. The lowest BCUT2D eigenvalue weighted by Crippen LogP contribution is -2.57. The molecule has 41 heavy (non-hydrogen) atoms. The maximum absolute atomic E-state index is 13.2. The number of carbonyl (C=O) groups excluding carboxylic acids is 5. The zero-order chi connectivity index (χ0) is 29.5. The van der Waals surface area contributed by atoms with Crippen LogP contribution < -0.4 is 38.9 Å². The lowest BCUT2D eigenvalue weighted by molar-refractivity contribution is -0.136. The van der Waals surface area contributed by atoms with Crippen molar-refractivity contribution in [1.82, 2.24) is 16.0 Å². The fourth-order valence-corrected chi connectivity index (χ4v) is 3.64. The smallest absolute Gasteiger partial charge is 0.249 e. The quantitative estimate of drug-likeness (QED) is 0.0595. The van der Waals surface area contributed by atoms with Crippen molar-refractivity contribution in [2.75, 3.05) is 6.54 Å². The number of hydrogen-bond acceptors (Lipinski definition) is 7. The average Bonchev–Trinajstić information content (AvgIpc) is 2.84. The molecular weight excluding hydrogens is 556 g/mol. The summed E-state index contributed by atoms with van der Waals surface area (Å²) in [5, 5.41) is 17.9. The van der Waals surface area contributed by atoms with Crippen molar-refractivity contribution in [2.45, 2.75) is 77.6 Å². The molecule has 5 amide bonds.